The molecule has 1 aliphatic rings. The van der Waals surface area contributed by atoms with Gasteiger partial charge in [-0.25, -0.2) is 0 Å². The first-order chi connectivity index (χ1) is 12.0. The van der Waals surface area contributed by atoms with Gasteiger partial charge in [-0.2, -0.15) is 0 Å². The van der Waals surface area contributed by atoms with Gasteiger partial charge in [0.25, 0.3) is 0 Å². The Morgan fingerprint density at radius 3 is 2.48 bits per heavy atom. The number of amides is 1. The van der Waals surface area contributed by atoms with E-state index in [2.05, 4.69) is 41.4 Å². The van der Waals surface area contributed by atoms with Crippen molar-refractivity contribution in [3.05, 3.63) is 64.2 Å². The van der Waals surface area contributed by atoms with E-state index in [4.69, 9.17) is 11.6 Å². The van der Waals surface area contributed by atoms with E-state index < -0.39 is 0 Å². The summed E-state index contributed by atoms with van der Waals surface area (Å²) in [5.74, 6) is 0.188. The number of nitrogens with zero attached hydrogens (tertiary/aromatic N) is 1. The minimum atomic E-state index is 0.0765. The molecule has 0 radical (unpaired) electrons. The van der Waals surface area contributed by atoms with E-state index in [1.54, 1.807) is 0 Å². The quantitative estimate of drug-likeness (QED) is 0.852. The van der Waals surface area contributed by atoms with Crippen LogP contribution in [-0.2, 0) is 11.3 Å². The monoisotopic (exact) mass is 356 g/mol. The first-order valence-electron chi connectivity index (χ1n) is 8.86. The molecule has 0 atom stereocenters. The van der Waals surface area contributed by atoms with Crippen LogP contribution >= 0.6 is 11.6 Å². The number of benzene rings is 2. The maximum atomic E-state index is 12.6. The van der Waals surface area contributed by atoms with Crippen LogP contribution in [0.1, 0.15) is 29.5 Å². The molecular formula is C21H25ClN2O. The fourth-order valence-corrected chi connectivity index (χ4v) is 3.44. The van der Waals surface area contributed by atoms with Gasteiger partial charge in [0, 0.05) is 23.2 Å². The maximum Gasteiger partial charge on any atom is 0.227 e. The summed E-state index contributed by atoms with van der Waals surface area (Å²) in [5, 5.41) is 3.70. The molecule has 0 aromatic heterocycles. The number of hydrogen-bond acceptors (Lipinski definition) is 2. The average Bonchev–Trinajstić information content (AvgIpc) is 2.61. The molecule has 3 rings (SSSR count). The Morgan fingerprint density at radius 1 is 1.12 bits per heavy atom. The molecule has 4 heteroatoms. The van der Waals surface area contributed by atoms with Crippen LogP contribution < -0.4 is 5.32 Å². The van der Waals surface area contributed by atoms with Crippen molar-refractivity contribution in [3.8, 4) is 0 Å². The summed E-state index contributed by atoms with van der Waals surface area (Å²) in [4.78, 5) is 15.0. The van der Waals surface area contributed by atoms with Crippen molar-refractivity contribution in [3.63, 3.8) is 0 Å². The van der Waals surface area contributed by atoms with Crippen molar-refractivity contribution < 1.29 is 4.79 Å². The molecule has 1 saturated heterocycles. The molecule has 132 valence electrons. The number of anilines is 1. The number of likely N-dealkylation sites (tertiary alicyclic amines) is 1. The standard InChI is InChI=1S/C21H25ClN2O/c1-15-3-6-17(7-4-15)14-24-11-9-18(10-12-24)21(25)23-20-13-19(22)8-5-16(20)2/h3-8,13,18H,9-12,14H2,1-2H3,(H,23,25). The first kappa shape index (κ1) is 18.0. The first-order valence-corrected chi connectivity index (χ1v) is 9.24. The minimum Gasteiger partial charge on any atom is -0.326 e. The lowest BCUT2D eigenvalue weighted by Gasteiger charge is -2.31. The summed E-state index contributed by atoms with van der Waals surface area (Å²) in [5.41, 5.74) is 4.48. The largest absolute Gasteiger partial charge is 0.326 e. The van der Waals surface area contributed by atoms with Gasteiger partial charge in [0.15, 0.2) is 0 Å². The Hall–Kier alpha value is -1.84. The van der Waals surface area contributed by atoms with Crippen molar-refractivity contribution in [2.24, 2.45) is 5.92 Å². The number of carbonyl (C=O) groups excluding carboxylic acids is 1. The molecule has 0 unspecified atom stereocenters. The third kappa shape index (κ3) is 4.83. The lowest BCUT2D eigenvalue weighted by Crippen LogP contribution is -2.37. The third-order valence-electron chi connectivity index (χ3n) is 4.94. The second kappa shape index (κ2) is 8.03. The average molecular weight is 357 g/mol. The highest BCUT2D eigenvalue weighted by molar-refractivity contribution is 6.31. The number of piperidine rings is 1. The van der Waals surface area contributed by atoms with Crippen LogP contribution in [0, 0.1) is 19.8 Å². The van der Waals surface area contributed by atoms with Crippen LogP contribution in [0.15, 0.2) is 42.5 Å². The Kier molecular flexibility index (Phi) is 5.77. The number of aryl methyl sites for hydroxylation is 2. The van der Waals surface area contributed by atoms with E-state index in [1.807, 2.05) is 25.1 Å². The normalized spacial score (nSPS) is 16.0. The second-order valence-corrected chi connectivity index (χ2v) is 7.42. The van der Waals surface area contributed by atoms with Crippen molar-refractivity contribution in [2.75, 3.05) is 18.4 Å². The fourth-order valence-electron chi connectivity index (χ4n) is 3.27. The maximum absolute atomic E-state index is 12.6. The van der Waals surface area contributed by atoms with Gasteiger partial charge < -0.3 is 5.32 Å². The molecule has 1 aliphatic heterocycles. The number of halogens is 1. The SMILES string of the molecule is Cc1ccc(CN2CCC(C(=O)Nc3cc(Cl)ccc3C)CC2)cc1. The van der Waals surface area contributed by atoms with Gasteiger partial charge in [-0.05, 0) is 63.0 Å². The zero-order valence-electron chi connectivity index (χ0n) is 14.9. The fraction of sp³-hybridized carbons (Fsp3) is 0.381. The van der Waals surface area contributed by atoms with Crippen molar-refractivity contribution in [2.45, 2.75) is 33.2 Å². The van der Waals surface area contributed by atoms with Gasteiger partial charge in [0.2, 0.25) is 5.91 Å². The molecule has 1 N–H and O–H groups in total. The number of hydrogen-bond donors (Lipinski definition) is 1. The molecule has 0 spiro atoms. The lowest BCUT2D eigenvalue weighted by atomic mass is 9.95. The Bertz CT molecular complexity index is 734. The highest BCUT2D eigenvalue weighted by Gasteiger charge is 2.25. The summed E-state index contributed by atoms with van der Waals surface area (Å²) in [7, 11) is 0. The van der Waals surface area contributed by atoms with Gasteiger partial charge in [-0.15, -0.1) is 0 Å². The van der Waals surface area contributed by atoms with Crippen LogP contribution in [0.2, 0.25) is 5.02 Å². The van der Waals surface area contributed by atoms with Crippen LogP contribution in [0.4, 0.5) is 5.69 Å². The Balaban J connectivity index is 1.52. The summed E-state index contributed by atoms with van der Waals surface area (Å²) in [6.07, 6.45) is 1.80. The zero-order valence-corrected chi connectivity index (χ0v) is 15.6. The van der Waals surface area contributed by atoms with Gasteiger partial charge in [-0.1, -0.05) is 47.5 Å². The predicted molar refractivity (Wildman–Crippen MR) is 104 cm³/mol. The van der Waals surface area contributed by atoms with E-state index in [-0.39, 0.29) is 11.8 Å². The molecule has 1 amide bonds. The van der Waals surface area contributed by atoms with Gasteiger partial charge in [0.05, 0.1) is 0 Å². The lowest BCUT2D eigenvalue weighted by molar-refractivity contribution is -0.121. The minimum absolute atomic E-state index is 0.0765. The topological polar surface area (TPSA) is 32.3 Å². The summed E-state index contributed by atoms with van der Waals surface area (Å²) >= 11 is 6.03. The highest BCUT2D eigenvalue weighted by atomic mass is 35.5. The smallest absolute Gasteiger partial charge is 0.227 e. The van der Waals surface area contributed by atoms with Crippen LogP contribution in [0.5, 0.6) is 0 Å². The molecule has 1 fully saturated rings. The van der Waals surface area contributed by atoms with Gasteiger partial charge in [0.1, 0.15) is 0 Å². The third-order valence-corrected chi connectivity index (χ3v) is 5.18. The highest BCUT2D eigenvalue weighted by Crippen LogP contribution is 2.24. The molecule has 25 heavy (non-hydrogen) atoms. The number of rotatable bonds is 4. The Morgan fingerprint density at radius 2 is 1.80 bits per heavy atom. The molecule has 2 aromatic rings. The van der Waals surface area contributed by atoms with Crippen LogP contribution in [0.3, 0.4) is 0 Å². The molecule has 3 nitrogen and oxygen atoms in total. The molecule has 1 heterocycles. The number of nitrogens with one attached hydrogen (secondary N) is 1. The molecule has 0 saturated carbocycles. The molecule has 2 aromatic carbocycles. The van der Waals surface area contributed by atoms with Crippen molar-refractivity contribution in [1.82, 2.24) is 4.90 Å². The Labute approximate surface area is 155 Å². The summed E-state index contributed by atoms with van der Waals surface area (Å²) < 4.78 is 0. The van der Waals surface area contributed by atoms with Crippen molar-refractivity contribution >= 4 is 23.2 Å². The van der Waals surface area contributed by atoms with Crippen molar-refractivity contribution in [1.29, 1.82) is 0 Å². The van der Waals surface area contributed by atoms with Gasteiger partial charge >= 0.3 is 0 Å². The van der Waals surface area contributed by atoms with E-state index in [0.717, 1.165) is 43.7 Å². The number of carbonyl (C=O) groups is 1. The molecule has 0 aliphatic carbocycles. The summed E-state index contributed by atoms with van der Waals surface area (Å²) in [6, 6.07) is 14.3. The summed E-state index contributed by atoms with van der Waals surface area (Å²) in [6.45, 7) is 6.97. The van der Waals surface area contributed by atoms with Crippen LogP contribution in [0.25, 0.3) is 0 Å². The van der Waals surface area contributed by atoms with Crippen LogP contribution in [-0.4, -0.2) is 23.9 Å². The van der Waals surface area contributed by atoms with E-state index in [1.165, 1.54) is 11.1 Å². The van der Waals surface area contributed by atoms with Gasteiger partial charge in [-0.3, -0.25) is 9.69 Å². The molecule has 0 bridgehead atoms. The van der Waals surface area contributed by atoms with E-state index in [9.17, 15) is 4.79 Å². The van der Waals surface area contributed by atoms with E-state index >= 15 is 0 Å². The molecular weight excluding hydrogens is 332 g/mol. The predicted octanol–water partition coefficient (Wildman–Crippen LogP) is 4.81. The second-order valence-electron chi connectivity index (χ2n) is 6.98. The van der Waals surface area contributed by atoms with E-state index in [0.29, 0.717) is 5.02 Å². The zero-order chi connectivity index (χ0) is 17.8.